The summed E-state index contributed by atoms with van der Waals surface area (Å²) in [6, 6.07) is 5.63. The number of hydrogen-bond donors (Lipinski definition) is 1. The quantitative estimate of drug-likeness (QED) is 0.859. The van der Waals surface area contributed by atoms with Gasteiger partial charge >= 0.3 is 5.97 Å². The van der Waals surface area contributed by atoms with Gasteiger partial charge in [-0.15, -0.1) is 0 Å². The van der Waals surface area contributed by atoms with Crippen LogP contribution in [0, 0.1) is 0 Å². The van der Waals surface area contributed by atoms with Crippen LogP contribution >= 0.6 is 0 Å². The van der Waals surface area contributed by atoms with Crippen LogP contribution in [0.2, 0.25) is 0 Å². The molecule has 2 rings (SSSR count). The van der Waals surface area contributed by atoms with Crippen molar-refractivity contribution in [2.75, 3.05) is 0 Å². The number of aromatic nitrogens is 2. The number of hydrogen-bond acceptors (Lipinski definition) is 2. The van der Waals surface area contributed by atoms with Crippen LogP contribution < -0.4 is 0 Å². The molecule has 2 aromatic rings. The molecule has 1 heterocycles. The van der Waals surface area contributed by atoms with Gasteiger partial charge in [0.25, 0.3) is 0 Å². The Morgan fingerprint density at radius 1 is 1.56 bits per heavy atom. The van der Waals surface area contributed by atoms with E-state index in [0.717, 1.165) is 23.1 Å². The topological polar surface area (TPSA) is 55.1 Å². The molecule has 0 saturated heterocycles. The summed E-state index contributed by atoms with van der Waals surface area (Å²) in [6.07, 6.45) is 1.78. The predicted octanol–water partition coefficient (Wildman–Crippen LogP) is 2.24. The highest BCUT2D eigenvalue weighted by atomic mass is 16.4. The van der Waals surface area contributed by atoms with E-state index in [9.17, 15) is 4.79 Å². The van der Waals surface area contributed by atoms with Gasteiger partial charge < -0.3 is 9.67 Å². The van der Waals surface area contributed by atoms with Gasteiger partial charge in [0.2, 0.25) is 0 Å². The smallest absolute Gasteiger partial charge is 0.310 e. The molecule has 0 radical (unpaired) electrons. The highest BCUT2D eigenvalue weighted by molar-refractivity contribution is 5.80. The molecule has 0 saturated carbocycles. The molecule has 0 spiro atoms. The van der Waals surface area contributed by atoms with Gasteiger partial charge in [0, 0.05) is 6.54 Å². The Kier molecular flexibility index (Phi) is 2.64. The molecule has 1 atom stereocenters. The van der Waals surface area contributed by atoms with Crippen molar-refractivity contribution in [2.24, 2.45) is 0 Å². The van der Waals surface area contributed by atoms with Crippen molar-refractivity contribution < 1.29 is 9.90 Å². The molecule has 4 nitrogen and oxygen atoms in total. The first-order valence-electron chi connectivity index (χ1n) is 5.31. The van der Waals surface area contributed by atoms with Gasteiger partial charge in [0.05, 0.1) is 23.3 Å². The Bertz CT molecular complexity index is 531. The summed E-state index contributed by atoms with van der Waals surface area (Å²) >= 11 is 0. The number of rotatable bonds is 3. The summed E-state index contributed by atoms with van der Waals surface area (Å²) in [6.45, 7) is 4.60. The van der Waals surface area contributed by atoms with Crippen molar-refractivity contribution in [3.63, 3.8) is 0 Å². The van der Waals surface area contributed by atoms with E-state index >= 15 is 0 Å². The third-order valence-corrected chi connectivity index (χ3v) is 2.86. The molecule has 0 bridgehead atoms. The number of nitrogens with zero attached hydrogens (tertiary/aromatic N) is 2. The Morgan fingerprint density at radius 2 is 2.31 bits per heavy atom. The van der Waals surface area contributed by atoms with Crippen LogP contribution in [-0.4, -0.2) is 20.6 Å². The average molecular weight is 218 g/mol. The van der Waals surface area contributed by atoms with Crippen LogP contribution in [0.3, 0.4) is 0 Å². The molecule has 1 N–H and O–H groups in total. The second-order valence-corrected chi connectivity index (χ2v) is 3.84. The highest BCUT2D eigenvalue weighted by Gasteiger charge is 2.14. The second-order valence-electron chi connectivity index (χ2n) is 3.84. The Hall–Kier alpha value is -1.84. The highest BCUT2D eigenvalue weighted by Crippen LogP contribution is 2.21. The van der Waals surface area contributed by atoms with Crippen molar-refractivity contribution >= 4 is 17.0 Å². The number of carbonyl (C=O) groups is 1. The van der Waals surface area contributed by atoms with E-state index in [-0.39, 0.29) is 0 Å². The van der Waals surface area contributed by atoms with Crippen molar-refractivity contribution in [3.8, 4) is 0 Å². The van der Waals surface area contributed by atoms with E-state index in [2.05, 4.69) is 11.9 Å². The fraction of sp³-hybridized carbons (Fsp3) is 0.333. The van der Waals surface area contributed by atoms with E-state index in [0.29, 0.717) is 0 Å². The Labute approximate surface area is 93.5 Å². The standard InChI is InChI=1S/C12H14N2O2/c1-3-14-7-13-10-6-9(4-5-11(10)14)8(2)12(15)16/h4-8H,3H2,1-2H3,(H,15,16). The Balaban J connectivity index is 2.49. The molecule has 1 aromatic heterocycles. The van der Waals surface area contributed by atoms with Gasteiger partial charge in [-0.25, -0.2) is 4.98 Å². The number of imidazole rings is 1. The lowest BCUT2D eigenvalue weighted by atomic mass is 10.0. The fourth-order valence-corrected chi connectivity index (χ4v) is 1.74. The summed E-state index contributed by atoms with van der Waals surface area (Å²) in [4.78, 5) is 15.1. The first-order valence-corrected chi connectivity index (χ1v) is 5.31. The lowest BCUT2D eigenvalue weighted by molar-refractivity contribution is -0.138. The fourth-order valence-electron chi connectivity index (χ4n) is 1.74. The third-order valence-electron chi connectivity index (χ3n) is 2.86. The van der Waals surface area contributed by atoms with Crippen molar-refractivity contribution in [1.29, 1.82) is 0 Å². The molecular formula is C12H14N2O2. The van der Waals surface area contributed by atoms with E-state index in [1.807, 2.05) is 22.8 Å². The van der Waals surface area contributed by atoms with Crippen molar-refractivity contribution in [3.05, 3.63) is 30.1 Å². The van der Waals surface area contributed by atoms with Gasteiger partial charge in [0.15, 0.2) is 0 Å². The van der Waals surface area contributed by atoms with Crippen LogP contribution in [0.4, 0.5) is 0 Å². The number of fused-ring (bicyclic) bond motifs is 1. The average Bonchev–Trinajstić information content (AvgIpc) is 2.69. The molecule has 4 heteroatoms. The van der Waals surface area contributed by atoms with Gasteiger partial charge in [0.1, 0.15) is 0 Å². The molecule has 0 aliphatic rings. The maximum absolute atomic E-state index is 10.9. The molecule has 0 aliphatic carbocycles. The van der Waals surface area contributed by atoms with Crippen LogP contribution in [0.15, 0.2) is 24.5 Å². The normalized spacial score (nSPS) is 12.9. The van der Waals surface area contributed by atoms with E-state index in [1.54, 1.807) is 13.3 Å². The minimum Gasteiger partial charge on any atom is -0.481 e. The van der Waals surface area contributed by atoms with Crippen molar-refractivity contribution in [1.82, 2.24) is 9.55 Å². The van der Waals surface area contributed by atoms with Crippen molar-refractivity contribution in [2.45, 2.75) is 26.3 Å². The lowest BCUT2D eigenvalue weighted by Crippen LogP contribution is -2.07. The van der Waals surface area contributed by atoms with Gasteiger partial charge in [-0.2, -0.15) is 0 Å². The van der Waals surface area contributed by atoms with E-state index in [4.69, 9.17) is 5.11 Å². The largest absolute Gasteiger partial charge is 0.481 e. The minimum atomic E-state index is -0.811. The first-order chi connectivity index (χ1) is 7.63. The Morgan fingerprint density at radius 3 is 2.94 bits per heavy atom. The van der Waals surface area contributed by atoms with E-state index in [1.165, 1.54) is 0 Å². The number of benzene rings is 1. The van der Waals surface area contributed by atoms with Gasteiger partial charge in [-0.1, -0.05) is 6.07 Å². The van der Waals surface area contributed by atoms with Crippen LogP contribution in [-0.2, 0) is 11.3 Å². The third kappa shape index (κ3) is 1.66. The summed E-state index contributed by atoms with van der Waals surface area (Å²) in [5.74, 6) is -1.30. The molecule has 0 amide bonds. The SMILES string of the molecule is CCn1cnc2cc(C(C)C(=O)O)ccc21. The molecule has 1 unspecified atom stereocenters. The molecular weight excluding hydrogens is 204 g/mol. The first kappa shape index (κ1) is 10.7. The molecule has 0 aliphatic heterocycles. The molecule has 0 fully saturated rings. The second kappa shape index (κ2) is 3.96. The number of carboxylic acids is 1. The predicted molar refractivity (Wildman–Crippen MR) is 61.5 cm³/mol. The monoisotopic (exact) mass is 218 g/mol. The number of aryl methyl sites for hydroxylation is 1. The zero-order valence-electron chi connectivity index (χ0n) is 9.34. The van der Waals surface area contributed by atoms with Gasteiger partial charge in [-0.3, -0.25) is 4.79 Å². The maximum Gasteiger partial charge on any atom is 0.310 e. The lowest BCUT2D eigenvalue weighted by Gasteiger charge is -2.06. The number of aliphatic carboxylic acids is 1. The van der Waals surface area contributed by atoms with Gasteiger partial charge in [-0.05, 0) is 31.5 Å². The maximum atomic E-state index is 10.9. The summed E-state index contributed by atoms with van der Waals surface area (Å²) < 4.78 is 2.03. The molecule has 1 aromatic carbocycles. The summed E-state index contributed by atoms with van der Waals surface area (Å²) in [5, 5.41) is 8.93. The zero-order chi connectivity index (χ0) is 11.7. The zero-order valence-corrected chi connectivity index (χ0v) is 9.34. The van der Waals surface area contributed by atoms with Crippen LogP contribution in [0.5, 0.6) is 0 Å². The van der Waals surface area contributed by atoms with Crippen LogP contribution in [0.1, 0.15) is 25.3 Å². The minimum absolute atomic E-state index is 0.490. The molecule has 16 heavy (non-hydrogen) atoms. The molecule has 84 valence electrons. The summed E-state index contributed by atoms with van der Waals surface area (Å²) in [7, 11) is 0. The van der Waals surface area contributed by atoms with E-state index < -0.39 is 11.9 Å². The summed E-state index contributed by atoms with van der Waals surface area (Å²) in [5.41, 5.74) is 2.69. The number of carboxylic acid groups (broad SMARTS) is 1. The van der Waals surface area contributed by atoms with Crippen LogP contribution in [0.25, 0.3) is 11.0 Å².